The molecule has 2 N–H and O–H groups in total. The second kappa shape index (κ2) is 5.69. The van der Waals surface area contributed by atoms with Crippen molar-refractivity contribution in [3.8, 4) is 0 Å². The lowest BCUT2D eigenvalue weighted by molar-refractivity contribution is 0.0197. The number of aromatic nitrogens is 1. The molecule has 1 atom stereocenters. The van der Waals surface area contributed by atoms with Gasteiger partial charge in [-0.2, -0.15) is 0 Å². The number of likely N-dealkylation sites (tertiary alicyclic amines) is 1. The van der Waals surface area contributed by atoms with Gasteiger partial charge in [-0.1, -0.05) is 0 Å². The van der Waals surface area contributed by atoms with Crippen LogP contribution < -0.4 is 5.73 Å². The molecule has 2 rings (SSSR count). The summed E-state index contributed by atoms with van der Waals surface area (Å²) in [6.07, 6.45) is -10.2. The quantitative estimate of drug-likeness (QED) is 0.863. The maximum absolute atomic E-state index is 12.8. The summed E-state index contributed by atoms with van der Waals surface area (Å²) in [6, 6.07) is -1.77. The molecule has 5 nitrogen and oxygen atoms in total. The summed E-state index contributed by atoms with van der Waals surface area (Å²) in [4.78, 5) is 16.0. The Hall–Kier alpha value is -1.78. The van der Waals surface area contributed by atoms with Gasteiger partial charge >= 0.3 is 6.09 Å². The summed E-state index contributed by atoms with van der Waals surface area (Å²) < 4.78 is 103. The Labute approximate surface area is 137 Å². The Morgan fingerprint density at radius 2 is 2.45 bits per heavy atom. The number of nitrogen functional groups attached to an aromatic ring is 1. The first-order valence-electron chi connectivity index (χ1n) is 11.8. The van der Waals surface area contributed by atoms with E-state index in [9.17, 15) is 4.79 Å². The molecular formula is C15H23N3O2. The topological polar surface area (TPSA) is 68.5 Å². The predicted molar refractivity (Wildman–Crippen MR) is 78.4 cm³/mol. The van der Waals surface area contributed by atoms with Gasteiger partial charge in [-0.15, -0.1) is 0 Å². The Morgan fingerprint density at radius 1 is 1.70 bits per heavy atom. The van der Waals surface area contributed by atoms with Crippen LogP contribution in [-0.2, 0) is 4.74 Å². The van der Waals surface area contributed by atoms with Crippen LogP contribution in [0.2, 0.25) is 0 Å². The number of pyridine rings is 1. The summed E-state index contributed by atoms with van der Waals surface area (Å²) in [6.45, 7) is -3.24. The van der Waals surface area contributed by atoms with Gasteiger partial charge in [-0.05, 0) is 45.6 Å². The third kappa shape index (κ3) is 3.85. The molecule has 0 spiro atoms. The highest BCUT2D eigenvalue weighted by atomic mass is 16.6. The number of anilines is 1. The van der Waals surface area contributed by atoms with Crippen LogP contribution in [0.1, 0.15) is 61.6 Å². The van der Waals surface area contributed by atoms with Gasteiger partial charge in [-0.25, -0.2) is 4.79 Å². The Morgan fingerprint density at radius 3 is 3.15 bits per heavy atom. The third-order valence-corrected chi connectivity index (χ3v) is 2.00. The van der Waals surface area contributed by atoms with Gasteiger partial charge in [-0.3, -0.25) is 4.98 Å². The second-order valence-corrected chi connectivity index (χ2v) is 4.90. The van der Waals surface area contributed by atoms with E-state index in [-0.39, 0.29) is 4.90 Å². The van der Waals surface area contributed by atoms with E-state index in [4.69, 9.17) is 26.9 Å². The van der Waals surface area contributed by atoms with E-state index in [0.717, 1.165) is 0 Å². The fourth-order valence-corrected chi connectivity index (χ4v) is 1.27. The van der Waals surface area contributed by atoms with E-state index in [1.807, 2.05) is 0 Å². The highest BCUT2D eigenvalue weighted by Gasteiger charge is 2.28. The van der Waals surface area contributed by atoms with E-state index in [1.165, 1.54) is 20.8 Å². The van der Waals surface area contributed by atoms with Crippen LogP contribution in [0, 0.1) is 0 Å². The minimum Gasteiger partial charge on any atom is -0.444 e. The molecule has 1 aliphatic rings. The minimum atomic E-state index is -3.77. The van der Waals surface area contributed by atoms with Crippen molar-refractivity contribution in [2.45, 2.75) is 45.0 Å². The van der Waals surface area contributed by atoms with Crippen molar-refractivity contribution in [1.82, 2.24) is 9.88 Å². The smallest absolute Gasteiger partial charge is 0.410 e. The van der Waals surface area contributed by atoms with Crippen molar-refractivity contribution in [2.24, 2.45) is 0 Å². The number of rotatable bonds is 1. The number of carbonyl (C=O) groups is 1. The van der Waals surface area contributed by atoms with Gasteiger partial charge < -0.3 is 15.4 Å². The van der Waals surface area contributed by atoms with Crippen LogP contribution in [0.5, 0.6) is 0 Å². The minimum absolute atomic E-state index is 0.352. The molecular weight excluding hydrogens is 254 g/mol. The fourth-order valence-electron chi connectivity index (χ4n) is 1.27. The summed E-state index contributed by atoms with van der Waals surface area (Å²) in [7, 11) is 0. The van der Waals surface area contributed by atoms with Crippen molar-refractivity contribution >= 4 is 11.8 Å². The Bertz CT molecular complexity index is 962. The number of ether oxygens (including phenoxy) is 1. The van der Waals surface area contributed by atoms with E-state index in [2.05, 4.69) is 4.98 Å². The van der Waals surface area contributed by atoms with Crippen LogP contribution in [0.25, 0.3) is 0 Å². The lowest BCUT2D eigenvalue weighted by Gasteiger charge is -2.33. The summed E-state index contributed by atoms with van der Waals surface area (Å²) >= 11 is 0. The number of amides is 1. The first kappa shape index (κ1) is 5.54. The van der Waals surface area contributed by atoms with Gasteiger partial charge in [0.05, 0.1) is 6.85 Å². The van der Waals surface area contributed by atoms with Gasteiger partial charge in [0.25, 0.3) is 0 Å². The zero-order valence-corrected chi connectivity index (χ0v) is 11.3. The maximum Gasteiger partial charge on any atom is 0.410 e. The molecule has 1 aliphatic heterocycles. The first-order valence-corrected chi connectivity index (χ1v) is 5.77. The van der Waals surface area contributed by atoms with Crippen molar-refractivity contribution in [3.63, 3.8) is 0 Å². The molecule has 5 heteroatoms. The summed E-state index contributed by atoms with van der Waals surface area (Å²) in [5.41, 5.74) is 2.39. The lowest BCUT2D eigenvalue weighted by atomic mass is 9.94. The molecule has 110 valence electrons. The number of nitrogens with zero attached hydrogens (tertiary/aromatic N) is 2. The number of nitrogens with two attached hydrogens (primary N) is 1. The molecule has 0 aliphatic carbocycles. The van der Waals surface area contributed by atoms with Gasteiger partial charge in [0.1, 0.15) is 5.60 Å². The number of carbonyl (C=O) groups excluding carboxylic acids is 1. The summed E-state index contributed by atoms with van der Waals surface area (Å²) in [5, 5.41) is 0. The molecule has 0 radical (unpaired) electrons. The van der Waals surface area contributed by atoms with E-state index in [1.54, 1.807) is 0 Å². The molecule has 0 aromatic carbocycles. The maximum atomic E-state index is 12.8. The monoisotopic (exact) mass is 289 g/mol. The van der Waals surface area contributed by atoms with E-state index >= 15 is 0 Å². The van der Waals surface area contributed by atoms with E-state index in [0.29, 0.717) is 0 Å². The van der Waals surface area contributed by atoms with Gasteiger partial charge in [0, 0.05) is 46.0 Å². The molecule has 1 aromatic heterocycles. The average Bonchev–Trinajstić information content (AvgIpc) is 2.58. The van der Waals surface area contributed by atoms with Crippen molar-refractivity contribution < 1.29 is 26.0 Å². The van der Waals surface area contributed by atoms with Crippen molar-refractivity contribution in [3.05, 3.63) is 24.0 Å². The molecule has 1 aromatic rings. The van der Waals surface area contributed by atoms with Gasteiger partial charge in [0.15, 0.2) is 0 Å². The molecule has 20 heavy (non-hydrogen) atoms. The van der Waals surface area contributed by atoms with Crippen LogP contribution in [0.4, 0.5) is 10.5 Å². The SMILES string of the molecule is [2H]c1nc(C2([2H])C([2H])([2H])N(C(=O)OC(C)(C)C)C([2H])([2H])C([2H])([2H])C2([2H])[2H])c([2H])c(N)c1[2H]. The lowest BCUT2D eigenvalue weighted by Crippen LogP contribution is -2.42. The van der Waals surface area contributed by atoms with Crippen molar-refractivity contribution in [1.29, 1.82) is 0 Å². The first-order chi connectivity index (χ1) is 14.0. The Balaban J connectivity index is 2.99. The van der Waals surface area contributed by atoms with Gasteiger partial charge in [0.2, 0.25) is 0 Å². The molecule has 1 fully saturated rings. The highest BCUT2D eigenvalue weighted by Crippen LogP contribution is 2.27. The zero-order chi connectivity index (χ0) is 25.5. The fraction of sp³-hybridized carbons (Fsp3) is 0.600. The molecule has 0 saturated carbocycles. The normalized spacial score (nSPS) is 42.2. The predicted octanol–water partition coefficient (Wildman–Crippen LogP) is 2.78. The number of piperidine rings is 1. The molecule has 1 amide bonds. The number of hydrogen-bond donors (Lipinski definition) is 1. The second-order valence-electron chi connectivity index (χ2n) is 4.90. The van der Waals surface area contributed by atoms with Crippen LogP contribution in [0.3, 0.4) is 0 Å². The third-order valence-electron chi connectivity index (χ3n) is 2.00. The molecule has 0 bridgehead atoms. The summed E-state index contributed by atoms with van der Waals surface area (Å²) in [5.74, 6) is -3.61. The van der Waals surface area contributed by atoms with Crippen LogP contribution in [-0.4, -0.2) is 34.6 Å². The van der Waals surface area contributed by atoms with Crippen LogP contribution >= 0.6 is 0 Å². The standard InChI is InChI=1S/C15H23N3O2/c1-15(2,3)20-14(19)18-8-4-5-11(10-18)13-9-12(16)6-7-17-13/h6-7,9,11H,4-5,8,10H2,1-3H3,(H2,16,17)/i4D2,5D2,6D,7D,8D2,9D,10D2,11D. The average molecular weight is 289 g/mol. The van der Waals surface area contributed by atoms with Crippen molar-refractivity contribution in [2.75, 3.05) is 18.7 Å². The molecule has 1 saturated heterocycles. The molecule has 1 unspecified atom stereocenters. The number of hydrogen-bond acceptors (Lipinski definition) is 4. The largest absolute Gasteiger partial charge is 0.444 e. The van der Waals surface area contributed by atoms with Crippen LogP contribution in [0.15, 0.2) is 18.3 Å². The molecule has 2 heterocycles. The van der Waals surface area contributed by atoms with E-state index < -0.39 is 73.0 Å². The zero-order valence-electron chi connectivity index (χ0n) is 23.3. The Kier molecular flexibility index (Phi) is 1.58. The highest BCUT2D eigenvalue weighted by molar-refractivity contribution is 5.68.